The number of methoxy groups -OCH3 is 1. The highest BCUT2D eigenvalue weighted by molar-refractivity contribution is 7.92. The van der Waals surface area contributed by atoms with Gasteiger partial charge in [0.15, 0.2) is 6.10 Å². The summed E-state index contributed by atoms with van der Waals surface area (Å²) in [7, 11) is -0.275. The molecule has 1 N–H and O–H groups in total. The first-order valence-corrected chi connectivity index (χ1v) is 10.2. The van der Waals surface area contributed by atoms with E-state index in [4.69, 9.17) is 9.47 Å². The lowest BCUT2D eigenvalue weighted by atomic mass is 10.2. The van der Waals surface area contributed by atoms with Crippen LogP contribution in [0.15, 0.2) is 48.5 Å². The van der Waals surface area contributed by atoms with E-state index in [-0.39, 0.29) is 5.91 Å². The lowest BCUT2D eigenvalue weighted by Gasteiger charge is -2.18. The van der Waals surface area contributed by atoms with E-state index in [1.165, 1.54) is 11.4 Å². The molecular formula is C19H24N2O5S. The van der Waals surface area contributed by atoms with Crippen LogP contribution >= 0.6 is 0 Å². The van der Waals surface area contributed by atoms with Gasteiger partial charge in [-0.3, -0.25) is 9.10 Å². The van der Waals surface area contributed by atoms with E-state index in [2.05, 4.69) is 5.32 Å². The molecule has 7 nitrogen and oxygen atoms in total. The molecule has 146 valence electrons. The number of hydrogen-bond donors (Lipinski definition) is 1. The molecule has 0 aromatic heterocycles. The predicted molar refractivity (Wildman–Crippen MR) is 105 cm³/mol. The summed E-state index contributed by atoms with van der Waals surface area (Å²) in [6.45, 7) is 1.97. The predicted octanol–water partition coefficient (Wildman–Crippen LogP) is 2.17. The van der Waals surface area contributed by atoms with Crippen molar-refractivity contribution < 1.29 is 22.7 Å². The molecule has 0 saturated carbocycles. The van der Waals surface area contributed by atoms with Gasteiger partial charge in [0.05, 0.1) is 19.1 Å². The maximum Gasteiger partial charge on any atom is 0.261 e. The fourth-order valence-corrected chi connectivity index (χ4v) is 2.86. The fourth-order valence-electron chi connectivity index (χ4n) is 2.36. The normalized spacial score (nSPS) is 12.1. The molecule has 0 aliphatic heterocycles. The average Bonchev–Trinajstić information content (AvgIpc) is 2.65. The third-order valence-electron chi connectivity index (χ3n) is 4.03. The Morgan fingerprint density at radius 2 is 1.78 bits per heavy atom. The first-order valence-electron chi connectivity index (χ1n) is 8.32. The molecule has 0 aliphatic rings. The second-order valence-electron chi connectivity index (χ2n) is 6.01. The highest BCUT2D eigenvalue weighted by Crippen LogP contribution is 2.21. The summed E-state index contributed by atoms with van der Waals surface area (Å²) in [4.78, 5) is 12.3. The van der Waals surface area contributed by atoms with Crippen LogP contribution in [-0.2, 0) is 21.4 Å². The number of nitrogens with zero attached hydrogens (tertiary/aromatic N) is 1. The Morgan fingerprint density at radius 1 is 1.15 bits per heavy atom. The summed E-state index contributed by atoms with van der Waals surface area (Å²) < 4.78 is 35.2. The van der Waals surface area contributed by atoms with Gasteiger partial charge >= 0.3 is 0 Å². The Bertz CT molecular complexity index is 881. The Hall–Kier alpha value is -2.74. The zero-order valence-electron chi connectivity index (χ0n) is 15.8. The quantitative estimate of drug-likeness (QED) is 0.744. The zero-order chi connectivity index (χ0) is 20.0. The van der Waals surface area contributed by atoms with Gasteiger partial charge in [0.2, 0.25) is 10.0 Å². The zero-order valence-corrected chi connectivity index (χ0v) is 16.6. The van der Waals surface area contributed by atoms with Gasteiger partial charge in [0, 0.05) is 19.2 Å². The monoisotopic (exact) mass is 392 g/mol. The molecule has 0 fully saturated rings. The summed E-state index contributed by atoms with van der Waals surface area (Å²) in [5.41, 5.74) is 1.38. The number of carbonyl (C=O) groups is 1. The van der Waals surface area contributed by atoms with Gasteiger partial charge in [-0.25, -0.2) is 8.42 Å². The molecule has 0 saturated heterocycles. The van der Waals surface area contributed by atoms with Crippen molar-refractivity contribution in [3.63, 3.8) is 0 Å². The molecule has 27 heavy (non-hydrogen) atoms. The number of amides is 1. The minimum absolute atomic E-state index is 0.266. The van der Waals surface area contributed by atoms with Crippen molar-refractivity contribution in [2.75, 3.05) is 24.7 Å². The van der Waals surface area contributed by atoms with Gasteiger partial charge in [-0.2, -0.15) is 0 Å². The topological polar surface area (TPSA) is 84.9 Å². The summed E-state index contributed by atoms with van der Waals surface area (Å²) >= 11 is 0. The van der Waals surface area contributed by atoms with Crippen LogP contribution in [0, 0.1) is 0 Å². The number of ether oxygens (including phenoxy) is 2. The Labute approximate surface area is 160 Å². The standard InChI is InChI=1S/C19H24N2O5S/c1-14(19(22)20-13-15-7-5-6-8-18(15)25-3)26-17-11-9-16(10-12-17)21(2)27(4,23)24/h5-12,14H,13H2,1-4H3,(H,20,22)/t14-/m1/s1. The fraction of sp³-hybridized carbons (Fsp3) is 0.316. The third kappa shape index (κ3) is 5.62. The highest BCUT2D eigenvalue weighted by Gasteiger charge is 2.16. The van der Waals surface area contributed by atoms with Crippen LogP contribution in [0.2, 0.25) is 0 Å². The van der Waals surface area contributed by atoms with E-state index in [1.807, 2.05) is 24.3 Å². The van der Waals surface area contributed by atoms with Crippen LogP contribution in [-0.4, -0.2) is 40.8 Å². The molecule has 8 heteroatoms. The molecule has 2 rings (SSSR count). The van der Waals surface area contributed by atoms with Crippen LogP contribution in [0.4, 0.5) is 5.69 Å². The summed E-state index contributed by atoms with van der Waals surface area (Å²) in [6, 6.07) is 13.9. The molecule has 1 atom stereocenters. The van der Waals surface area contributed by atoms with E-state index in [1.54, 1.807) is 38.3 Å². The number of benzene rings is 2. The molecule has 0 unspecified atom stereocenters. The van der Waals surface area contributed by atoms with Crippen molar-refractivity contribution in [3.05, 3.63) is 54.1 Å². The second-order valence-corrected chi connectivity index (χ2v) is 8.03. The highest BCUT2D eigenvalue weighted by atomic mass is 32.2. The van der Waals surface area contributed by atoms with E-state index in [0.29, 0.717) is 23.7 Å². The average molecular weight is 392 g/mol. The minimum atomic E-state index is -3.33. The van der Waals surface area contributed by atoms with Crippen LogP contribution in [0.1, 0.15) is 12.5 Å². The van der Waals surface area contributed by atoms with Crippen LogP contribution in [0.5, 0.6) is 11.5 Å². The minimum Gasteiger partial charge on any atom is -0.496 e. The number of sulfonamides is 1. The van der Waals surface area contributed by atoms with E-state index < -0.39 is 16.1 Å². The van der Waals surface area contributed by atoms with Gasteiger partial charge < -0.3 is 14.8 Å². The number of para-hydroxylation sites is 1. The van der Waals surface area contributed by atoms with Gasteiger partial charge in [-0.1, -0.05) is 18.2 Å². The Morgan fingerprint density at radius 3 is 2.37 bits per heavy atom. The molecule has 0 radical (unpaired) electrons. The Balaban J connectivity index is 1.94. The number of nitrogens with one attached hydrogen (secondary N) is 1. The number of rotatable bonds is 8. The number of hydrogen-bond acceptors (Lipinski definition) is 5. The Kier molecular flexibility index (Phi) is 6.68. The lowest BCUT2D eigenvalue weighted by molar-refractivity contribution is -0.127. The first-order chi connectivity index (χ1) is 12.7. The first kappa shape index (κ1) is 20.6. The SMILES string of the molecule is COc1ccccc1CNC(=O)[C@@H](C)Oc1ccc(N(C)S(C)(=O)=O)cc1. The summed E-state index contributed by atoms with van der Waals surface area (Å²) in [6.07, 6.45) is 0.421. The van der Waals surface area contributed by atoms with Crippen LogP contribution < -0.4 is 19.1 Å². The van der Waals surface area contributed by atoms with Crippen molar-refractivity contribution in [3.8, 4) is 11.5 Å². The van der Waals surface area contributed by atoms with Gasteiger partial charge in [0.1, 0.15) is 11.5 Å². The van der Waals surface area contributed by atoms with Crippen LogP contribution in [0.3, 0.4) is 0 Å². The van der Waals surface area contributed by atoms with Crippen molar-refractivity contribution in [2.45, 2.75) is 19.6 Å². The molecule has 1 amide bonds. The van der Waals surface area contributed by atoms with E-state index in [9.17, 15) is 13.2 Å². The molecule has 0 spiro atoms. The molecule has 2 aromatic rings. The maximum absolute atomic E-state index is 12.3. The van der Waals surface area contributed by atoms with Gasteiger partial charge in [-0.05, 0) is 37.3 Å². The molecule has 2 aromatic carbocycles. The number of anilines is 1. The van der Waals surface area contributed by atoms with Crippen molar-refractivity contribution in [1.82, 2.24) is 5.32 Å². The smallest absolute Gasteiger partial charge is 0.261 e. The van der Waals surface area contributed by atoms with E-state index in [0.717, 1.165) is 11.8 Å². The van der Waals surface area contributed by atoms with Crippen molar-refractivity contribution >= 4 is 21.6 Å². The van der Waals surface area contributed by atoms with E-state index >= 15 is 0 Å². The largest absolute Gasteiger partial charge is 0.496 e. The van der Waals surface area contributed by atoms with Crippen molar-refractivity contribution in [1.29, 1.82) is 0 Å². The second kappa shape index (κ2) is 8.77. The number of carbonyl (C=O) groups excluding carboxylic acids is 1. The summed E-state index contributed by atoms with van der Waals surface area (Å²) in [5, 5.41) is 2.81. The molecular weight excluding hydrogens is 368 g/mol. The van der Waals surface area contributed by atoms with Crippen molar-refractivity contribution in [2.24, 2.45) is 0 Å². The summed E-state index contributed by atoms with van der Waals surface area (Å²) in [5.74, 6) is 0.913. The maximum atomic E-state index is 12.3. The molecule has 0 aliphatic carbocycles. The third-order valence-corrected chi connectivity index (χ3v) is 5.23. The molecule has 0 bridgehead atoms. The van der Waals surface area contributed by atoms with Crippen LogP contribution in [0.25, 0.3) is 0 Å². The van der Waals surface area contributed by atoms with Gasteiger partial charge in [0.25, 0.3) is 5.91 Å². The van der Waals surface area contributed by atoms with Gasteiger partial charge in [-0.15, -0.1) is 0 Å². The molecule has 0 heterocycles. The lowest BCUT2D eigenvalue weighted by Crippen LogP contribution is -2.36.